The van der Waals surface area contributed by atoms with Crippen LogP contribution in [0.4, 0.5) is 5.13 Å². The van der Waals surface area contributed by atoms with Crippen molar-refractivity contribution in [2.75, 3.05) is 11.4 Å². The van der Waals surface area contributed by atoms with E-state index >= 15 is 0 Å². The molecule has 1 aliphatic heterocycles. The molecule has 5 heteroatoms. The molecule has 0 saturated carbocycles. The van der Waals surface area contributed by atoms with Crippen LogP contribution in [0.25, 0.3) is 0 Å². The smallest absolute Gasteiger partial charge is 0.208 e. The molecule has 2 heterocycles. The van der Waals surface area contributed by atoms with Crippen molar-refractivity contribution in [1.82, 2.24) is 10.2 Å². The monoisotopic (exact) mass is 253 g/mol. The van der Waals surface area contributed by atoms with Crippen molar-refractivity contribution in [2.24, 2.45) is 0 Å². The van der Waals surface area contributed by atoms with Crippen LogP contribution in [-0.2, 0) is 13.0 Å². The van der Waals surface area contributed by atoms with Crippen LogP contribution in [0.2, 0.25) is 0 Å². The number of rotatable bonds is 1. The van der Waals surface area contributed by atoms with Crippen molar-refractivity contribution in [2.45, 2.75) is 13.0 Å². The standard InChI is InChI=1S/C11H11N3S.ClH/c1-2-4-10-7-14(6-5-9(10)3-1)11-13-12-8-15-11;/h1-4,8H,5-7H2;1H. The number of aromatic nitrogens is 2. The molecule has 2 aromatic rings. The highest BCUT2D eigenvalue weighted by molar-refractivity contribution is 7.13. The van der Waals surface area contributed by atoms with Gasteiger partial charge in [0.05, 0.1) is 0 Å². The van der Waals surface area contributed by atoms with E-state index < -0.39 is 0 Å². The quantitative estimate of drug-likeness (QED) is 0.782. The minimum absolute atomic E-state index is 0. The zero-order chi connectivity index (χ0) is 10.1. The predicted octanol–water partition coefficient (Wildman–Crippen LogP) is 2.52. The van der Waals surface area contributed by atoms with Gasteiger partial charge in [-0.2, -0.15) is 0 Å². The van der Waals surface area contributed by atoms with Gasteiger partial charge in [-0.05, 0) is 17.5 Å². The summed E-state index contributed by atoms with van der Waals surface area (Å²) in [6, 6.07) is 8.62. The topological polar surface area (TPSA) is 29.0 Å². The average Bonchev–Trinajstić information content (AvgIpc) is 2.82. The van der Waals surface area contributed by atoms with E-state index in [2.05, 4.69) is 39.4 Å². The Balaban J connectivity index is 0.000000963. The Morgan fingerprint density at radius 1 is 1.19 bits per heavy atom. The summed E-state index contributed by atoms with van der Waals surface area (Å²) < 4.78 is 0. The van der Waals surface area contributed by atoms with Gasteiger partial charge in [-0.25, -0.2) is 0 Å². The third kappa shape index (κ3) is 2.03. The lowest BCUT2D eigenvalue weighted by molar-refractivity contribution is 0.723. The van der Waals surface area contributed by atoms with Gasteiger partial charge >= 0.3 is 0 Å². The molecule has 84 valence electrons. The highest BCUT2D eigenvalue weighted by Crippen LogP contribution is 2.24. The molecule has 3 rings (SSSR count). The maximum absolute atomic E-state index is 4.11. The van der Waals surface area contributed by atoms with Crippen LogP contribution in [0.15, 0.2) is 29.8 Å². The molecule has 1 aromatic heterocycles. The Labute approximate surface area is 105 Å². The SMILES string of the molecule is Cl.c1ccc2c(c1)CCN(c1nncs1)C2. The number of benzene rings is 1. The highest BCUT2D eigenvalue weighted by Gasteiger charge is 2.17. The van der Waals surface area contributed by atoms with E-state index in [0.29, 0.717) is 0 Å². The molecule has 3 nitrogen and oxygen atoms in total. The number of hydrogen-bond acceptors (Lipinski definition) is 4. The molecule has 0 amide bonds. The minimum Gasteiger partial charge on any atom is -0.342 e. The molecule has 0 unspecified atom stereocenters. The van der Waals surface area contributed by atoms with Crippen molar-refractivity contribution in [3.8, 4) is 0 Å². The zero-order valence-electron chi connectivity index (χ0n) is 8.67. The molecule has 0 saturated heterocycles. The van der Waals surface area contributed by atoms with Crippen LogP contribution >= 0.6 is 23.7 Å². The minimum atomic E-state index is 0. The molecule has 0 aliphatic carbocycles. The predicted molar refractivity (Wildman–Crippen MR) is 68.4 cm³/mol. The fourth-order valence-electron chi connectivity index (χ4n) is 1.96. The van der Waals surface area contributed by atoms with Gasteiger partial charge in [0, 0.05) is 13.1 Å². The van der Waals surface area contributed by atoms with Crippen LogP contribution in [0.1, 0.15) is 11.1 Å². The molecular weight excluding hydrogens is 242 g/mol. The van der Waals surface area contributed by atoms with E-state index in [1.807, 2.05) is 0 Å². The second-order valence-electron chi connectivity index (χ2n) is 3.66. The van der Waals surface area contributed by atoms with Gasteiger partial charge in [0.25, 0.3) is 0 Å². The van der Waals surface area contributed by atoms with Crippen molar-refractivity contribution >= 4 is 28.9 Å². The lowest BCUT2D eigenvalue weighted by Crippen LogP contribution is -2.30. The molecule has 0 fully saturated rings. The van der Waals surface area contributed by atoms with Gasteiger partial charge in [-0.1, -0.05) is 35.6 Å². The van der Waals surface area contributed by atoms with Gasteiger partial charge in [-0.3, -0.25) is 0 Å². The van der Waals surface area contributed by atoms with Gasteiger partial charge in [0.1, 0.15) is 5.51 Å². The number of nitrogens with zero attached hydrogens (tertiary/aromatic N) is 3. The molecule has 0 radical (unpaired) electrons. The summed E-state index contributed by atoms with van der Waals surface area (Å²) in [5.74, 6) is 0. The van der Waals surface area contributed by atoms with Gasteiger partial charge in [-0.15, -0.1) is 22.6 Å². The van der Waals surface area contributed by atoms with Crippen molar-refractivity contribution in [1.29, 1.82) is 0 Å². The van der Waals surface area contributed by atoms with E-state index in [9.17, 15) is 0 Å². The zero-order valence-corrected chi connectivity index (χ0v) is 10.3. The molecule has 0 atom stereocenters. The Morgan fingerprint density at radius 2 is 2.00 bits per heavy atom. The van der Waals surface area contributed by atoms with Gasteiger partial charge in [0.15, 0.2) is 0 Å². The summed E-state index contributed by atoms with van der Waals surface area (Å²) in [6.07, 6.45) is 1.11. The number of hydrogen-bond donors (Lipinski definition) is 0. The van der Waals surface area contributed by atoms with E-state index in [1.165, 1.54) is 11.1 Å². The Kier molecular flexibility index (Phi) is 3.41. The number of halogens is 1. The summed E-state index contributed by atoms with van der Waals surface area (Å²) >= 11 is 1.61. The first-order valence-electron chi connectivity index (χ1n) is 5.01. The first-order chi connectivity index (χ1) is 7.43. The molecular formula is C11H12ClN3S. The number of anilines is 1. The lowest BCUT2D eigenvalue weighted by Gasteiger charge is -2.27. The first kappa shape index (κ1) is 11.4. The molecule has 0 spiro atoms. The van der Waals surface area contributed by atoms with Crippen LogP contribution in [0.5, 0.6) is 0 Å². The van der Waals surface area contributed by atoms with Crippen LogP contribution in [-0.4, -0.2) is 16.7 Å². The largest absolute Gasteiger partial charge is 0.342 e. The first-order valence-corrected chi connectivity index (χ1v) is 5.89. The van der Waals surface area contributed by atoms with Crippen molar-refractivity contribution in [3.63, 3.8) is 0 Å². The lowest BCUT2D eigenvalue weighted by atomic mass is 10.0. The van der Waals surface area contributed by atoms with Gasteiger partial charge < -0.3 is 4.90 Å². The molecule has 0 bridgehead atoms. The Morgan fingerprint density at radius 3 is 2.75 bits per heavy atom. The second kappa shape index (κ2) is 4.80. The van der Waals surface area contributed by atoms with Crippen molar-refractivity contribution < 1.29 is 0 Å². The Hall–Kier alpha value is -1.13. The average molecular weight is 254 g/mol. The summed E-state index contributed by atoms with van der Waals surface area (Å²) in [7, 11) is 0. The number of fused-ring (bicyclic) bond motifs is 1. The van der Waals surface area contributed by atoms with E-state index in [0.717, 1.165) is 24.6 Å². The third-order valence-electron chi connectivity index (χ3n) is 2.75. The fraction of sp³-hybridized carbons (Fsp3) is 0.273. The van der Waals surface area contributed by atoms with Crippen molar-refractivity contribution in [3.05, 3.63) is 40.9 Å². The third-order valence-corrected chi connectivity index (χ3v) is 3.50. The molecule has 1 aromatic carbocycles. The van der Waals surface area contributed by atoms with Gasteiger partial charge in [0.2, 0.25) is 5.13 Å². The fourth-order valence-corrected chi connectivity index (χ4v) is 2.55. The molecule has 16 heavy (non-hydrogen) atoms. The van der Waals surface area contributed by atoms with E-state index in [-0.39, 0.29) is 12.4 Å². The van der Waals surface area contributed by atoms with Crippen LogP contribution < -0.4 is 4.90 Å². The summed E-state index contributed by atoms with van der Waals surface area (Å²) in [4.78, 5) is 2.29. The van der Waals surface area contributed by atoms with E-state index in [4.69, 9.17) is 0 Å². The summed E-state index contributed by atoms with van der Waals surface area (Å²) in [6.45, 7) is 2.01. The Bertz CT molecular complexity index is 458. The van der Waals surface area contributed by atoms with Crippen LogP contribution in [0.3, 0.4) is 0 Å². The van der Waals surface area contributed by atoms with Crippen LogP contribution in [0, 0.1) is 0 Å². The highest BCUT2D eigenvalue weighted by atomic mass is 35.5. The maximum atomic E-state index is 4.11. The second-order valence-corrected chi connectivity index (χ2v) is 4.47. The maximum Gasteiger partial charge on any atom is 0.208 e. The molecule has 1 aliphatic rings. The summed E-state index contributed by atoms with van der Waals surface area (Å²) in [5.41, 5.74) is 4.67. The normalized spacial score (nSPS) is 14.1. The molecule has 0 N–H and O–H groups in total. The van der Waals surface area contributed by atoms with E-state index in [1.54, 1.807) is 16.8 Å². The summed E-state index contributed by atoms with van der Waals surface area (Å²) in [5, 5.41) is 9.02.